The number of hydrogen-bond acceptors (Lipinski definition) is 6. The van der Waals surface area contributed by atoms with E-state index in [1.165, 1.54) is 0 Å². The molecule has 2 heterocycles. The highest BCUT2D eigenvalue weighted by Gasteiger charge is 2.15. The van der Waals surface area contributed by atoms with Gasteiger partial charge in [-0.3, -0.25) is 10.4 Å². The predicted molar refractivity (Wildman–Crippen MR) is 104 cm³/mol. The van der Waals surface area contributed by atoms with Crippen molar-refractivity contribution in [1.82, 2.24) is 20.5 Å². The third-order valence-electron chi connectivity index (χ3n) is 4.02. The summed E-state index contributed by atoms with van der Waals surface area (Å²) in [6.45, 7) is 1.21. The number of H-pyrrole nitrogens is 1. The number of carbonyl (C=O) groups is 1. The molecule has 0 radical (unpaired) electrons. The number of fused-ring (bicyclic) bond motifs is 1. The van der Waals surface area contributed by atoms with Crippen molar-refractivity contribution in [2.75, 3.05) is 39.4 Å². The fourth-order valence-corrected chi connectivity index (χ4v) is 2.67. The van der Waals surface area contributed by atoms with Gasteiger partial charge in [0, 0.05) is 26.5 Å². The number of anilines is 1. The van der Waals surface area contributed by atoms with Gasteiger partial charge < -0.3 is 19.5 Å². The van der Waals surface area contributed by atoms with Gasteiger partial charge in [0.2, 0.25) is 5.88 Å². The molecule has 0 aliphatic carbocycles. The third-order valence-corrected chi connectivity index (χ3v) is 4.02. The molecule has 1 atom stereocenters. The van der Waals surface area contributed by atoms with Crippen LogP contribution in [0.2, 0.25) is 0 Å². The van der Waals surface area contributed by atoms with Gasteiger partial charge >= 0.3 is 6.03 Å². The van der Waals surface area contributed by atoms with Crippen LogP contribution in [0.1, 0.15) is 11.6 Å². The molecule has 2 aromatic heterocycles. The number of methoxy groups -OCH3 is 2. The number of amides is 2. The molecule has 3 aromatic rings. The van der Waals surface area contributed by atoms with E-state index in [-0.39, 0.29) is 12.1 Å². The molecule has 0 aliphatic heterocycles. The summed E-state index contributed by atoms with van der Waals surface area (Å²) in [5, 5.41) is 13.3. The number of nitrogens with zero attached hydrogens (tertiary/aromatic N) is 2. The van der Waals surface area contributed by atoms with E-state index in [1.54, 1.807) is 26.5 Å². The van der Waals surface area contributed by atoms with Crippen LogP contribution >= 0.6 is 0 Å². The molecule has 0 spiro atoms. The average molecular weight is 385 g/mol. The van der Waals surface area contributed by atoms with Crippen molar-refractivity contribution in [3.05, 3.63) is 48.2 Å². The van der Waals surface area contributed by atoms with Crippen molar-refractivity contribution < 1.29 is 19.0 Å². The molecule has 0 saturated carbocycles. The molecule has 1 aromatic carbocycles. The van der Waals surface area contributed by atoms with Crippen LogP contribution in [0.3, 0.4) is 0 Å². The Labute approximate surface area is 162 Å². The third kappa shape index (κ3) is 4.96. The summed E-state index contributed by atoms with van der Waals surface area (Å²) in [6.07, 6.45) is 1.60. The van der Waals surface area contributed by atoms with Crippen molar-refractivity contribution in [1.29, 1.82) is 0 Å². The zero-order valence-corrected chi connectivity index (χ0v) is 15.8. The van der Waals surface area contributed by atoms with Gasteiger partial charge in [0.15, 0.2) is 0 Å². The number of ether oxygens (including phenoxy) is 3. The van der Waals surface area contributed by atoms with Crippen LogP contribution in [0.25, 0.3) is 10.9 Å². The Morgan fingerprint density at radius 3 is 2.75 bits per heavy atom. The first kappa shape index (κ1) is 19.6. The highest BCUT2D eigenvalue weighted by Crippen LogP contribution is 2.23. The zero-order chi connectivity index (χ0) is 19.8. The van der Waals surface area contributed by atoms with E-state index in [9.17, 15) is 4.79 Å². The Kier molecular flexibility index (Phi) is 6.77. The first-order valence-electron chi connectivity index (χ1n) is 8.78. The molecule has 9 nitrogen and oxygen atoms in total. The Morgan fingerprint density at radius 1 is 1.18 bits per heavy atom. The van der Waals surface area contributed by atoms with Crippen molar-refractivity contribution in [3.8, 4) is 5.88 Å². The van der Waals surface area contributed by atoms with Crippen LogP contribution in [-0.4, -0.2) is 55.3 Å². The number of nitrogens with one attached hydrogen (secondary N) is 3. The highest BCUT2D eigenvalue weighted by atomic mass is 16.5. The van der Waals surface area contributed by atoms with Crippen LogP contribution in [0.5, 0.6) is 5.88 Å². The van der Waals surface area contributed by atoms with E-state index in [1.807, 2.05) is 30.3 Å². The molecule has 0 unspecified atom stereocenters. The van der Waals surface area contributed by atoms with Crippen molar-refractivity contribution in [2.45, 2.75) is 6.04 Å². The summed E-state index contributed by atoms with van der Waals surface area (Å²) >= 11 is 0. The number of rotatable bonds is 9. The molecule has 0 fully saturated rings. The fourth-order valence-electron chi connectivity index (χ4n) is 2.67. The molecule has 0 saturated heterocycles. The molecule has 28 heavy (non-hydrogen) atoms. The molecular formula is C19H23N5O4. The van der Waals surface area contributed by atoms with Gasteiger partial charge in [-0.2, -0.15) is 0 Å². The van der Waals surface area contributed by atoms with Crippen molar-refractivity contribution >= 4 is 22.8 Å². The smallest absolute Gasteiger partial charge is 0.320 e. The maximum Gasteiger partial charge on any atom is 0.320 e. The van der Waals surface area contributed by atoms with Crippen LogP contribution < -0.4 is 15.4 Å². The van der Waals surface area contributed by atoms with Crippen molar-refractivity contribution in [2.24, 2.45) is 0 Å². The van der Waals surface area contributed by atoms with E-state index >= 15 is 0 Å². The average Bonchev–Trinajstić information content (AvgIpc) is 3.11. The molecular weight excluding hydrogens is 362 g/mol. The second-order valence-corrected chi connectivity index (χ2v) is 6.00. The van der Waals surface area contributed by atoms with Gasteiger partial charge in [0.05, 0.1) is 30.2 Å². The van der Waals surface area contributed by atoms with E-state index in [2.05, 4.69) is 25.8 Å². The standard InChI is InChI=1S/C19H23N5O4/c1-26-8-9-28-18-14-11-20-17(10-15(14)23-24-18)22-19(25)21-16(12-27-2)13-6-4-3-5-7-13/h3-7,10-11,16H,8-9,12H2,1-2H3,(H,23,24)(H2,20,21,22,25)/t16-/m0/s1. The highest BCUT2D eigenvalue weighted by molar-refractivity contribution is 5.92. The largest absolute Gasteiger partial charge is 0.474 e. The topological polar surface area (TPSA) is 110 Å². The van der Waals surface area contributed by atoms with Gasteiger partial charge in [-0.25, -0.2) is 9.78 Å². The first-order valence-corrected chi connectivity index (χ1v) is 8.78. The number of carbonyl (C=O) groups excluding carboxylic acids is 1. The second-order valence-electron chi connectivity index (χ2n) is 6.00. The molecule has 3 N–H and O–H groups in total. The van der Waals surface area contributed by atoms with Gasteiger partial charge in [-0.1, -0.05) is 30.3 Å². The lowest BCUT2D eigenvalue weighted by atomic mass is 10.1. The quantitative estimate of drug-likeness (QED) is 0.488. The summed E-state index contributed by atoms with van der Waals surface area (Å²) in [6, 6.07) is 10.7. The number of aromatic amines is 1. The monoisotopic (exact) mass is 385 g/mol. The minimum absolute atomic E-state index is 0.275. The number of benzene rings is 1. The van der Waals surface area contributed by atoms with E-state index in [0.29, 0.717) is 37.0 Å². The predicted octanol–water partition coefficient (Wildman–Crippen LogP) is 2.49. The number of urea groups is 1. The fraction of sp³-hybridized carbons (Fsp3) is 0.316. The molecule has 3 rings (SSSR count). The summed E-state index contributed by atoms with van der Waals surface area (Å²) in [5.74, 6) is 0.834. The Bertz CT molecular complexity index is 900. The van der Waals surface area contributed by atoms with Gasteiger partial charge in [-0.05, 0) is 5.56 Å². The minimum Gasteiger partial charge on any atom is -0.474 e. The summed E-state index contributed by atoms with van der Waals surface area (Å²) in [4.78, 5) is 16.7. The van der Waals surface area contributed by atoms with E-state index in [0.717, 1.165) is 10.9 Å². The van der Waals surface area contributed by atoms with Crippen molar-refractivity contribution in [3.63, 3.8) is 0 Å². The lowest BCUT2D eigenvalue weighted by Crippen LogP contribution is -2.35. The lowest BCUT2D eigenvalue weighted by molar-refractivity contribution is 0.144. The molecule has 9 heteroatoms. The molecule has 148 valence electrons. The van der Waals surface area contributed by atoms with Crippen LogP contribution in [0, 0.1) is 0 Å². The van der Waals surface area contributed by atoms with Crippen LogP contribution in [-0.2, 0) is 9.47 Å². The van der Waals surface area contributed by atoms with Gasteiger partial charge in [-0.15, -0.1) is 5.10 Å². The molecule has 0 aliphatic rings. The first-order chi connectivity index (χ1) is 13.7. The summed E-state index contributed by atoms with van der Waals surface area (Å²) in [7, 11) is 3.20. The minimum atomic E-state index is -0.381. The zero-order valence-electron chi connectivity index (χ0n) is 15.8. The van der Waals surface area contributed by atoms with E-state index in [4.69, 9.17) is 14.2 Å². The Balaban J connectivity index is 1.65. The SMILES string of the molecule is COCCOc1n[nH]c2cc(NC(=O)N[C@@H](COC)c3ccccc3)ncc12. The molecule has 0 bridgehead atoms. The Morgan fingerprint density at radius 2 is 2.00 bits per heavy atom. The van der Waals surface area contributed by atoms with Crippen LogP contribution in [0.15, 0.2) is 42.6 Å². The summed E-state index contributed by atoms with van der Waals surface area (Å²) in [5.41, 5.74) is 1.66. The molecule has 2 amide bonds. The number of aromatic nitrogens is 3. The maximum atomic E-state index is 12.4. The van der Waals surface area contributed by atoms with Crippen LogP contribution in [0.4, 0.5) is 10.6 Å². The number of hydrogen-bond donors (Lipinski definition) is 3. The maximum absolute atomic E-state index is 12.4. The van der Waals surface area contributed by atoms with E-state index < -0.39 is 0 Å². The lowest BCUT2D eigenvalue weighted by Gasteiger charge is -2.18. The van der Waals surface area contributed by atoms with Gasteiger partial charge in [0.25, 0.3) is 0 Å². The number of pyridine rings is 1. The van der Waals surface area contributed by atoms with Gasteiger partial charge in [0.1, 0.15) is 12.4 Å². The summed E-state index contributed by atoms with van der Waals surface area (Å²) < 4.78 is 15.7. The Hall–Kier alpha value is -3.17. The second kappa shape index (κ2) is 9.67. The normalized spacial score (nSPS) is 11.9.